The summed E-state index contributed by atoms with van der Waals surface area (Å²) in [6, 6.07) is 22.1. The highest BCUT2D eigenvalue weighted by Crippen LogP contribution is 2.24. The van der Waals surface area contributed by atoms with Crippen LogP contribution in [0.25, 0.3) is 10.8 Å². The molecule has 3 nitrogen and oxygen atoms in total. The maximum absolute atomic E-state index is 12.7. The summed E-state index contributed by atoms with van der Waals surface area (Å²) in [7, 11) is 0. The number of Topliss-reactive ketones (excluding diaryl/α,β-unsaturated/α-hetero) is 1. The number of piperazine rings is 1. The molecule has 0 radical (unpaired) electrons. The molecule has 0 bridgehead atoms. The fourth-order valence-corrected chi connectivity index (χ4v) is 3.90. The summed E-state index contributed by atoms with van der Waals surface area (Å²) in [5.41, 5.74) is 2.10. The monoisotopic (exact) mass is 378 g/mol. The minimum atomic E-state index is 0.174. The number of hydrogen-bond acceptors (Lipinski definition) is 3. The Morgan fingerprint density at radius 3 is 2.37 bits per heavy atom. The second kappa shape index (κ2) is 8.22. The zero-order valence-corrected chi connectivity index (χ0v) is 16.0. The van der Waals surface area contributed by atoms with Crippen LogP contribution in [0, 0.1) is 0 Å². The van der Waals surface area contributed by atoms with Gasteiger partial charge in [0.2, 0.25) is 0 Å². The normalized spacial score (nSPS) is 15.9. The standard InChI is InChI=1S/C23H23ClN2O/c24-22-8-4-7-19-15-20(9-10-21(19)22)23(27)17-26-13-11-25(12-14-26)16-18-5-2-1-3-6-18/h1-10,15H,11-14,16-17H2. The van der Waals surface area contributed by atoms with Gasteiger partial charge in [0.25, 0.3) is 0 Å². The lowest BCUT2D eigenvalue weighted by Crippen LogP contribution is -2.47. The van der Waals surface area contributed by atoms with E-state index in [0.717, 1.165) is 54.1 Å². The van der Waals surface area contributed by atoms with Crippen molar-refractivity contribution >= 4 is 28.2 Å². The van der Waals surface area contributed by atoms with Gasteiger partial charge >= 0.3 is 0 Å². The van der Waals surface area contributed by atoms with E-state index in [0.29, 0.717) is 6.54 Å². The minimum Gasteiger partial charge on any atom is -0.297 e. The van der Waals surface area contributed by atoms with E-state index in [4.69, 9.17) is 11.6 Å². The van der Waals surface area contributed by atoms with E-state index >= 15 is 0 Å². The summed E-state index contributed by atoms with van der Waals surface area (Å²) >= 11 is 6.22. The van der Waals surface area contributed by atoms with Gasteiger partial charge in [0.05, 0.1) is 6.54 Å². The molecule has 4 heteroatoms. The van der Waals surface area contributed by atoms with Crippen molar-refractivity contribution in [1.29, 1.82) is 0 Å². The van der Waals surface area contributed by atoms with Crippen LogP contribution in [0.4, 0.5) is 0 Å². The molecule has 1 fully saturated rings. The van der Waals surface area contributed by atoms with Crippen LogP contribution in [-0.4, -0.2) is 48.3 Å². The van der Waals surface area contributed by atoms with Crippen LogP contribution >= 0.6 is 11.6 Å². The minimum absolute atomic E-state index is 0.174. The molecule has 0 spiro atoms. The van der Waals surface area contributed by atoms with Gasteiger partial charge in [-0.05, 0) is 23.1 Å². The summed E-state index contributed by atoms with van der Waals surface area (Å²) < 4.78 is 0. The van der Waals surface area contributed by atoms with Gasteiger partial charge in [0, 0.05) is 48.7 Å². The average molecular weight is 379 g/mol. The van der Waals surface area contributed by atoms with Crippen molar-refractivity contribution < 1.29 is 4.79 Å². The van der Waals surface area contributed by atoms with Crippen LogP contribution in [0.3, 0.4) is 0 Å². The van der Waals surface area contributed by atoms with Gasteiger partial charge in [-0.15, -0.1) is 0 Å². The first-order chi connectivity index (χ1) is 13.2. The SMILES string of the molecule is O=C(CN1CCN(Cc2ccccc2)CC1)c1ccc2c(Cl)cccc2c1. The Hall–Kier alpha value is -2.20. The van der Waals surface area contributed by atoms with Crippen LogP contribution in [0.5, 0.6) is 0 Å². The number of benzene rings is 3. The van der Waals surface area contributed by atoms with E-state index < -0.39 is 0 Å². The summed E-state index contributed by atoms with van der Waals surface area (Å²) in [5, 5.41) is 2.73. The molecule has 4 rings (SSSR count). The van der Waals surface area contributed by atoms with Crippen molar-refractivity contribution in [2.75, 3.05) is 32.7 Å². The number of fused-ring (bicyclic) bond motifs is 1. The lowest BCUT2D eigenvalue weighted by molar-refractivity contribution is 0.0844. The predicted octanol–water partition coefficient (Wildman–Crippen LogP) is 4.49. The van der Waals surface area contributed by atoms with E-state index in [9.17, 15) is 4.79 Å². The van der Waals surface area contributed by atoms with Crippen molar-refractivity contribution in [3.8, 4) is 0 Å². The third-order valence-electron chi connectivity index (χ3n) is 5.23. The number of rotatable bonds is 5. The number of halogens is 1. The Bertz CT molecular complexity index is 934. The molecule has 0 amide bonds. The second-order valence-corrected chi connectivity index (χ2v) is 7.54. The molecular formula is C23H23ClN2O. The Morgan fingerprint density at radius 1 is 0.852 bits per heavy atom. The number of hydrogen-bond donors (Lipinski definition) is 0. The molecule has 1 heterocycles. The van der Waals surface area contributed by atoms with Gasteiger partial charge in [0.1, 0.15) is 0 Å². The molecule has 1 aliphatic heterocycles. The van der Waals surface area contributed by atoms with Crippen LogP contribution in [0.15, 0.2) is 66.7 Å². The summed E-state index contributed by atoms with van der Waals surface area (Å²) in [5.74, 6) is 0.174. The Labute approximate surface area is 165 Å². The highest BCUT2D eigenvalue weighted by Gasteiger charge is 2.19. The van der Waals surface area contributed by atoms with E-state index in [1.165, 1.54) is 5.56 Å². The van der Waals surface area contributed by atoms with Gasteiger partial charge < -0.3 is 0 Å². The number of carbonyl (C=O) groups excluding carboxylic acids is 1. The molecule has 1 saturated heterocycles. The van der Waals surface area contributed by atoms with Crippen LogP contribution < -0.4 is 0 Å². The molecule has 0 aromatic heterocycles. The molecule has 0 N–H and O–H groups in total. The summed E-state index contributed by atoms with van der Waals surface area (Å²) in [6.45, 7) is 5.31. The molecule has 1 aliphatic rings. The first-order valence-corrected chi connectivity index (χ1v) is 9.77. The highest BCUT2D eigenvalue weighted by molar-refractivity contribution is 6.35. The molecular weight excluding hydrogens is 356 g/mol. The number of carbonyl (C=O) groups is 1. The number of ketones is 1. The lowest BCUT2D eigenvalue weighted by atomic mass is 10.0. The Balaban J connectivity index is 1.34. The van der Waals surface area contributed by atoms with E-state index in [1.807, 2.05) is 42.5 Å². The molecule has 0 atom stereocenters. The van der Waals surface area contributed by atoms with E-state index in [2.05, 4.69) is 34.1 Å². The molecule has 138 valence electrons. The van der Waals surface area contributed by atoms with E-state index in [1.54, 1.807) is 0 Å². The van der Waals surface area contributed by atoms with Crippen molar-refractivity contribution in [2.45, 2.75) is 6.54 Å². The zero-order valence-electron chi connectivity index (χ0n) is 15.3. The van der Waals surface area contributed by atoms with Crippen molar-refractivity contribution in [2.24, 2.45) is 0 Å². The molecule has 3 aromatic carbocycles. The molecule has 0 aliphatic carbocycles. The maximum atomic E-state index is 12.7. The first kappa shape index (κ1) is 18.2. The highest BCUT2D eigenvalue weighted by atomic mass is 35.5. The van der Waals surface area contributed by atoms with Crippen LogP contribution in [-0.2, 0) is 6.54 Å². The van der Waals surface area contributed by atoms with Crippen molar-refractivity contribution in [3.05, 3.63) is 82.9 Å². The topological polar surface area (TPSA) is 23.6 Å². The molecule has 3 aromatic rings. The predicted molar refractivity (Wildman–Crippen MR) is 111 cm³/mol. The Kier molecular flexibility index (Phi) is 5.53. The summed E-state index contributed by atoms with van der Waals surface area (Å²) in [4.78, 5) is 17.4. The van der Waals surface area contributed by atoms with Gasteiger partial charge in [-0.25, -0.2) is 0 Å². The second-order valence-electron chi connectivity index (χ2n) is 7.14. The van der Waals surface area contributed by atoms with Crippen LogP contribution in [0.2, 0.25) is 5.02 Å². The lowest BCUT2D eigenvalue weighted by Gasteiger charge is -2.34. The smallest absolute Gasteiger partial charge is 0.176 e. The van der Waals surface area contributed by atoms with Crippen molar-refractivity contribution in [1.82, 2.24) is 9.80 Å². The third-order valence-corrected chi connectivity index (χ3v) is 5.56. The quantitative estimate of drug-likeness (QED) is 0.611. The van der Waals surface area contributed by atoms with Gasteiger partial charge in [-0.2, -0.15) is 0 Å². The van der Waals surface area contributed by atoms with Crippen molar-refractivity contribution in [3.63, 3.8) is 0 Å². The van der Waals surface area contributed by atoms with Gasteiger partial charge in [0.15, 0.2) is 5.78 Å². The van der Waals surface area contributed by atoms with Crippen LogP contribution in [0.1, 0.15) is 15.9 Å². The largest absolute Gasteiger partial charge is 0.297 e. The Morgan fingerprint density at radius 2 is 1.59 bits per heavy atom. The average Bonchev–Trinajstić information content (AvgIpc) is 2.70. The van der Waals surface area contributed by atoms with E-state index in [-0.39, 0.29) is 5.78 Å². The molecule has 27 heavy (non-hydrogen) atoms. The fourth-order valence-electron chi connectivity index (χ4n) is 3.66. The summed E-state index contributed by atoms with van der Waals surface area (Å²) in [6.07, 6.45) is 0. The molecule has 0 saturated carbocycles. The van der Waals surface area contributed by atoms with Gasteiger partial charge in [-0.3, -0.25) is 14.6 Å². The first-order valence-electron chi connectivity index (χ1n) is 9.39. The zero-order chi connectivity index (χ0) is 18.6. The third kappa shape index (κ3) is 4.38. The molecule has 0 unspecified atom stereocenters. The number of nitrogens with zero attached hydrogens (tertiary/aromatic N) is 2. The van der Waals surface area contributed by atoms with Gasteiger partial charge in [-0.1, -0.05) is 66.2 Å². The maximum Gasteiger partial charge on any atom is 0.176 e. The fraction of sp³-hybridized carbons (Fsp3) is 0.261.